The lowest BCUT2D eigenvalue weighted by Gasteiger charge is -2.21. The number of nitrogens with zero attached hydrogens (tertiary/aromatic N) is 3. The Bertz CT molecular complexity index is 1640. The number of rotatable bonds is 6. The molecule has 14 heteroatoms. The van der Waals surface area contributed by atoms with Crippen molar-refractivity contribution >= 4 is 26.9 Å². The van der Waals surface area contributed by atoms with E-state index >= 15 is 0 Å². The summed E-state index contributed by atoms with van der Waals surface area (Å²) in [6.07, 6.45) is -3.67. The summed E-state index contributed by atoms with van der Waals surface area (Å²) in [6.45, 7) is -0.475. The molecule has 204 valence electrons. The number of carbonyl (C=O) groups is 1. The molecule has 1 saturated heterocycles. The molecule has 1 aliphatic rings. The van der Waals surface area contributed by atoms with E-state index in [2.05, 4.69) is 15.3 Å². The van der Waals surface area contributed by atoms with Crippen molar-refractivity contribution in [3.05, 3.63) is 78.0 Å². The first-order chi connectivity index (χ1) is 18.4. The minimum atomic E-state index is -4.52. The first-order valence-corrected chi connectivity index (χ1v) is 13.0. The summed E-state index contributed by atoms with van der Waals surface area (Å²) >= 11 is 0. The van der Waals surface area contributed by atoms with E-state index in [4.69, 9.17) is 4.42 Å². The Morgan fingerprint density at radius 2 is 1.92 bits per heavy atom. The van der Waals surface area contributed by atoms with E-state index in [1.165, 1.54) is 24.4 Å². The van der Waals surface area contributed by atoms with Gasteiger partial charge >= 0.3 is 6.18 Å². The van der Waals surface area contributed by atoms with Crippen LogP contribution in [0.5, 0.6) is 0 Å². The normalized spacial score (nSPS) is 18.5. The molecule has 0 bridgehead atoms. The summed E-state index contributed by atoms with van der Waals surface area (Å²) in [6, 6.07) is 8.61. The number of amides is 1. The van der Waals surface area contributed by atoms with Crippen molar-refractivity contribution in [1.82, 2.24) is 19.6 Å². The van der Waals surface area contributed by atoms with Gasteiger partial charge in [-0.3, -0.25) is 14.8 Å². The van der Waals surface area contributed by atoms with Gasteiger partial charge < -0.3 is 14.8 Å². The lowest BCUT2D eigenvalue weighted by atomic mass is 10.1. The van der Waals surface area contributed by atoms with Crippen LogP contribution in [0.4, 0.5) is 17.6 Å². The molecule has 0 spiro atoms. The summed E-state index contributed by atoms with van der Waals surface area (Å²) < 4.78 is 84.7. The van der Waals surface area contributed by atoms with E-state index in [1.807, 2.05) is 0 Å². The van der Waals surface area contributed by atoms with E-state index in [0.717, 1.165) is 34.8 Å². The monoisotopic (exact) mass is 564 g/mol. The van der Waals surface area contributed by atoms with Gasteiger partial charge in [-0.15, -0.1) is 0 Å². The van der Waals surface area contributed by atoms with E-state index in [-0.39, 0.29) is 36.2 Å². The number of carbonyl (C=O) groups excluding carboxylic acids is 1. The van der Waals surface area contributed by atoms with Gasteiger partial charge in [-0.05, 0) is 42.5 Å². The number of β-amino-alcohol motifs (C(OH)–C–C–N with tert-alkyl or cyclic N) is 1. The highest BCUT2D eigenvalue weighted by Gasteiger charge is 2.44. The van der Waals surface area contributed by atoms with Crippen LogP contribution in [0, 0.1) is 5.82 Å². The Morgan fingerprint density at radius 3 is 2.64 bits per heavy atom. The lowest BCUT2D eigenvalue weighted by molar-refractivity contribution is -0.137. The molecule has 1 aromatic carbocycles. The number of hydrogen-bond acceptors (Lipinski definition) is 7. The van der Waals surface area contributed by atoms with Crippen LogP contribution in [0.3, 0.4) is 0 Å². The van der Waals surface area contributed by atoms with Gasteiger partial charge in [0.2, 0.25) is 11.0 Å². The Kier molecular flexibility index (Phi) is 6.86. The van der Waals surface area contributed by atoms with E-state index in [1.54, 1.807) is 6.07 Å². The Balaban J connectivity index is 1.31. The van der Waals surface area contributed by atoms with Crippen molar-refractivity contribution < 1.29 is 40.3 Å². The zero-order chi connectivity index (χ0) is 27.9. The van der Waals surface area contributed by atoms with Gasteiger partial charge in [-0.25, -0.2) is 12.8 Å². The van der Waals surface area contributed by atoms with Gasteiger partial charge in [0.05, 0.1) is 29.6 Å². The van der Waals surface area contributed by atoms with Crippen molar-refractivity contribution in [3.8, 4) is 11.3 Å². The van der Waals surface area contributed by atoms with Crippen molar-refractivity contribution in [2.45, 2.75) is 36.4 Å². The molecule has 0 saturated carbocycles. The van der Waals surface area contributed by atoms with E-state index in [9.17, 15) is 35.9 Å². The van der Waals surface area contributed by atoms with Crippen LogP contribution >= 0.6 is 0 Å². The van der Waals surface area contributed by atoms with Gasteiger partial charge in [0.15, 0.2) is 0 Å². The van der Waals surface area contributed by atoms with Crippen LogP contribution < -0.4 is 5.32 Å². The van der Waals surface area contributed by atoms with Crippen LogP contribution in [-0.4, -0.2) is 52.4 Å². The largest absolute Gasteiger partial charge is 0.443 e. The number of aromatic nitrogens is 2. The second-order valence-corrected chi connectivity index (χ2v) is 10.7. The second kappa shape index (κ2) is 10.0. The van der Waals surface area contributed by atoms with Crippen LogP contribution in [0.15, 0.2) is 70.4 Å². The van der Waals surface area contributed by atoms with Crippen LogP contribution in [0.25, 0.3) is 22.2 Å². The molecule has 9 nitrogen and oxygen atoms in total. The average molecular weight is 565 g/mol. The molecule has 2 atom stereocenters. The molecule has 5 rings (SSSR count). The first-order valence-electron chi connectivity index (χ1n) is 11.6. The van der Waals surface area contributed by atoms with Gasteiger partial charge in [0.1, 0.15) is 17.4 Å². The zero-order valence-corrected chi connectivity index (χ0v) is 20.7. The number of hydrogen-bond donors (Lipinski definition) is 2. The summed E-state index contributed by atoms with van der Waals surface area (Å²) in [5, 5.41) is 12.5. The number of nitrogens with one attached hydrogen (secondary N) is 1. The van der Waals surface area contributed by atoms with Gasteiger partial charge in [0.25, 0.3) is 10.0 Å². The van der Waals surface area contributed by atoms with Crippen molar-refractivity contribution in [2.75, 3.05) is 6.54 Å². The summed E-state index contributed by atoms with van der Waals surface area (Å²) in [4.78, 5) is 21.0. The predicted octanol–water partition coefficient (Wildman–Crippen LogP) is 3.49. The molecule has 1 aliphatic heterocycles. The zero-order valence-electron chi connectivity index (χ0n) is 19.9. The topological polar surface area (TPSA) is 126 Å². The number of aliphatic hydroxyl groups excluding tert-OH is 1. The maximum Gasteiger partial charge on any atom is 0.417 e. The molecule has 0 unspecified atom stereocenters. The molecule has 3 aromatic heterocycles. The molecule has 0 radical (unpaired) electrons. The summed E-state index contributed by atoms with van der Waals surface area (Å²) in [7, 11) is -4.36. The van der Waals surface area contributed by atoms with E-state index < -0.39 is 50.7 Å². The SMILES string of the molecule is O=C(NCc1cc(-c2ccc(C(F)(F)F)cn2)ccn1)[C@@H]1C[C@@H](O)CN1S(=O)(=O)c1cc2cc(F)ccc2o1. The van der Waals surface area contributed by atoms with Crippen LogP contribution in [0.1, 0.15) is 17.7 Å². The Morgan fingerprint density at radius 1 is 1.13 bits per heavy atom. The molecule has 4 heterocycles. The number of fused-ring (bicyclic) bond motifs is 1. The van der Waals surface area contributed by atoms with Crippen LogP contribution in [-0.2, 0) is 27.5 Å². The van der Waals surface area contributed by atoms with Crippen molar-refractivity contribution in [2.24, 2.45) is 0 Å². The third kappa shape index (κ3) is 5.48. The summed E-state index contributed by atoms with van der Waals surface area (Å²) in [5.74, 6) is -1.27. The van der Waals surface area contributed by atoms with Gasteiger partial charge in [-0.2, -0.15) is 17.5 Å². The quantitative estimate of drug-likeness (QED) is 0.344. The fourth-order valence-electron chi connectivity index (χ4n) is 4.28. The number of alkyl halides is 3. The maximum atomic E-state index is 13.5. The number of furan rings is 1. The molecule has 39 heavy (non-hydrogen) atoms. The molecule has 2 N–H and O–H groups in total. The highest BCUT2D eigenvalue weighted by molar-refractivity contribution is 7.89. The first kappa shape index (κ1) is 26.7. The summed E-state index contributed by atoms with van der Waals surface area (Å²) in [5.41, 5.74) is 0.324. The molecular formula is C25H20F4N4O5S. The minimum absolute atomic E-state index is 0.127. The Hall–Kier alpha value is -3.88. The molecule has 1 fully saturated rings. The molecule has 1 amide bonds. The predicted molar refractivity (Wildman–Crippen MR) is 129 cm³/mol. The molecule has 0 aliphatic carbocycles. The smallest absolute Gasteiger partial charge is 0.417 e. The third-order valence-corrected chi connectivity index (χ3v) is 7.93. The number of aliphatic hydroxyl groups is 1. The highest BCUT2D eigenvalue weighted by Crippen LogP contribution is 2.31. The number of sulfonamides is 1. The number of halogens is 4. The third-order valence-electron chi connectivity index (χ3n) is 6.20. The fraction of sp³-hybridized carbons (Fsp3) is 0.240. The highest BCUT2D eigenvalue weighted by atomic mass is 32.2. The van der Waals surface area contributed by atoms with E-state index in [0.29, 0.717) is 11.3 Å². The number of benzene rings is 1. The maximum absolute atomic E-state index is 13.5. The fourth-order valence-corrected chi connectivity index (χ4v) is 5.87. The average Bonchev–Trinajstić information content (AvgIpc) is 3.51. The number of pyridine rings is 2. The second-order valence-electron chi connectivity index (χ2n) is 8.91. The molecular weight excluding hydrogens is 544 g/mol. The van der Waals surface area contributed by atoms with Gasteiger partial charge in [-0.1, -0.05) is 0 Å². The van der Waals surface area contributed by atoms with Crippen molar-refractivity contribution in [3.63, 3.8) is 0 Å². The van der Waals surface area contributed by atoms with Crippen LogP contribution in [0.2, 0.25) is 0 Å². The lowest BCUT2D eigenvalue weighted by Crippen LogP contribution is -2.45. The van der Waals surface area contributed by atoms with Gasteiger partial charge in [0, 0.05) is 42.4 Å². The standard InChI is InChI=1S/C25H20F4N4O5S/c26-17-2-4-22-15(7-17)9-23(38-22)39(36,37)33-13-19(34)10-21(33)24(35)32-12-18-8-14(5-6-30-18)20-3-1-16(11-31-20)25(27,28)29/h1-9,11,19,21,34H,10,12-13H2,(H,32,35)/t19-,21+/m1/s1. The molecule has 4 aromatic rings. The Labute approximate surface area is 219 Å². The van der Waals surface area contributed by atoms with Crippen molar-refractivity contribution in [1.29, 1.82) is 0 Å². The minimum Gasteiger partial charge on any atom is -0.443 e.